The standard InChI is InChI=1S/C21H35FN2O2S/c1-12-2-4-13(5-3-12)21(26)24-18-11-19(18)27-15-8-6-14(7-9-15)20(25)23-17-10-16(17)22/h12-19,21,24,26H,2-11H2,1H3,(H,23,25). The lowest BCUT2D eigenvalue weighted by atomic mass is 9.82. The summed E-state index contributed by atoms with van der Waals surface area (Å²) in [4.78, 5) is 12.2. The van der Waals surface area contributed by atoms with Gasteiger partial charge in [-0.05, 0) is 56.8 Å². The first-order valence-corrected chi connectivity index (χ1v) is 12.0. The lowest BCUT2D eigenvalue weighted by Gasteiger charge is -2.30. The van der Waals surface area contributed by atoms with Crippen molar-refractivity contribution in [2.24, 2.45) is 17.8 Å². The number of aliphatic hydroxyl groups excluding tert-OH is 1. The minimum atomic E-state index is -0.812. The van der Waals surface area contributed by atoms with Gasteiger partial charge in [0.05, 0.1) is 6.04 Å². The molecule has 4 nitrogen and oxygen atoms in total. The first-order valence-electron chi connectivity index (χ1n) is 11.0. The van der Waals surface area contributed by atoms with E-state index in [2.05, 4.69) is 29.3 Å². The van der Waals surface area contributed by atoms with Crippen LogP contribution < -0.4 is 10.6 Å². The molecule has 0 saturated heterocycles. The summed E-state index contributed by atoms with van der Waals surface area (Å²) < 4.78 is 12.9. The molecule has 0 aromatic carbocycles. The predicted octanol–water partition coefficient (Wildman–Crippen LogP) is 3.38. The molecule has 0 spiro atoms. The monoisotopic (exact) mass is 398 g/mol. The van der Waals surface area contributed by atoms with Crippen molar-refractivity contribution in [3.63, 3.8) is 0 Å². The minimum Gasteiger partial charge on any atom is -0.378 e. The fourth-order valence-electron chi connectivity index (χ4n) is 4.78. The van der Waals surface area contributed by atoms with E-state index in [0.29, 0.717) is 28.9 Å². The second kappa shape index (κ2) is 8.58. The van der Waals surface area contributed by atoms with Crippen LogP contribution in [0.15, 0.2) is 0 Å². The molecule has 5 atom stereocenters. The summed E-state index contributed by atoms with van der Waals surface area (Å²) >= 11 is 2.06. The Morgan fingerprint density at radius 2 is 1.70 bits per heavy atom. The van der Waals surface area contributed by atoms with Crippen LogP contribution in [0.25, 0.3) is 0 Å². The Morgan fingerprint density at radius 3 is 2.33 bits per heavy atom. The molecule has 1 amide bonds. The molecule has 3 N–H and O–H groups in total. The van der Waals surface area contributed by atoms with Gasteiger partial charge in [0.1, 0.15) is 12.4 Å². The summed E-state index contributed by atoms with van der Waals surface area (Å²) in [7, 11) is 0. The predicted molar refractivity (Wildman–Crippen MR) is 107 cm³/mol. The molecule has 6 heteroatoms. The van der Waals surface area contributed by atoms with Crippen LogP contribution in [0.2, 0.25) is 0 Å². The van der Waals surface area contributed by atoms with Gasteiger partial charge in [0, 0.05) is 28.9 Å². The quantitative estimate of drug-likeness (QED) is 0.576. The molecule has 0 aliphatic heterocycles. The number of rotatable bonds is 7. The molecule has 4 aliphatic rings. The number of aliphatic hydroxyl groups is 1. The van der Waals surface area contributed by atoms with E-state index in [0.717, 1.165) is 50.9 Å². The number of thioether (sulfide) groups is 1. The summed E-state index contributed by atoms with van der Waals surface area (Å²) in [5, 5.41) is 18.1. The van der Waals surface area contributed by atoms with Crippen molar-refractivity contribution >= 4 is 17.7 Å². The van der Waals surface area contributed by atoms with Crippen LogP contribution in [0.5, 0.6) is 0 Å². The normalized spacial score (nSPS) is 45.1. The molecule has 0 aromatic heterocycles. The fourth-order valence-corrected chi connectivity index (χ4v) is 6.40. The molecular formula is C21H35FN2O2S. The summed E-state index contributed by atoms with van der Waals surface area (Å²) in [6.45, 7) is 2.31. The van der Waals surface area contributed by atoms with Gasteiger partial charge in [0.2, 0.25) is 5.91 Å². The Morgan fingerprint density at radius 1 is 1.04 bits per heavy atom. The highest BCUT2D eigenvalue weighted by Gasteiger charge is 2.43. The van der Waals surface area contributed by atoms with Gasteiger partial charge in [-0.3, -0.25) is 10.1 Å². The van der Waals surface area contributed by atoms with E-state index in [-0.39, 0.29) is 24.1 Å². The van der Waals surface area contributed by atoms with Crippen molar-refractivity contribution in [2.45, 2.75) is 106 Å². The van der Waals surface area contributed by atoms with E-state index in [1.54, 1.807) is 0 Å². The Hall–Kier alpha value is -0.330. The van der Waals surface area contributed by atoms with E-state index in [1.807, 2.05) is 0 Å². The molecule has 0 bridgehead atoms. The van der Waals surface area contributed by atoms with Crippen LogP contribution in [0.3, 0.4) is 0 Å². The third-order valence-electron chi connectivity index (χ3n) is 7.08. The SMILES string of the molecule is CC1CCC(C(O)NC2CC2SC2CCC(C(=O)NC3CC3F)CC2)CC1. The van der Waals surface area contributed by atoms with Gasteiger partial charge in [-0.15, -0.1) is 0 Å². The highest BCUT2D eigenvalue weighted by molar-refractivity contribution is 8.00. The third-order valence-corrected chi connectivity index (χ3v) is 8.80. The minimum absolute atomic E-state index is 0.0690. The molecule has 0 heterocycles. The Balaban J connectivity index is 1.11. The van der Waals surface area contributed by atoms with E-state index >= 15 is 0 Å². The molecule has 5 unspecified atom stereocenters. The van der Waals surface area contributed by atoms with Crippen molar-refractivity contribution in [2.75, 3.05) is 0 Å². The Bertz CT molecular complexity index is 520. The zero-order valence-electron chi connectivity index (χ0n) is 16.4. The third kappa shape index (κ3) is 5.39. The van der Waals surface area contributed by atoms with E-state index in [1.165, 1.54) is 12.8 Å². The number of hydrogen-bond donors (Lipinski definition) is 3. The number of halogens is 1. The molecule has 4 rings (SSSR count). The van der Waals surface area contributed by atoms with E-state index in [4.69, 9.17) is 0 Å². The number of alkyl halides is 1. The zero-order valence-corrected chi connectivity index (χ0v) is 17.2. The van der Waals surface area contributed by atoms with Gasteiger partial charge in [0.15, 0.2) is 0 Å². The maximum atomic E-state index is 12.9. The number of carbonyl (C=O) groups excluding carboxylic acids is 1. The van der Waals surface area contributed by atoms with Crippen LogP contribution in [0, 0.1) is 17.8 Å². The molecule has 4 fully saturated rings. The molecule has 0 radical (unpaired) electrons. The van der Waals surface area contributed by atoms with E-state index in [9.17, 15) is 14.3 Å². The number of carbonyl (C=O) groups is 1. The summed E-state index contributed by atoms with van der Waals surface area (Å²) in [5.41, 5.74) is 0. The first kappa shape index (κ1) is 20.0. The van der Waals surface area contributed by atoms with Crippen molar-refractivity contribution in [3.8, 4) is 0 Å². The van der Waals surface area contributed by atoms with Gasteiger partial charge in [0.25, 0.3) is 0 Å². The topological polar surface area (TPSA) is 61.4 Å². The van der Waals surface area contributed by atoms with Gasteiger partial charge >= 0.3 is 0 Å². The Labute approximate surface area is 166 Å². The van der Waals surface area contributed by atoms with Crippen LogP contribution >= 0.6 is 11.8 Å². The maximum Gasteiger partial charge on any atom is 0.223 e. The second-order valence-corrected chi connectivity index (χ2v) is 11.0. The smallest absolute Gasteiger partial charge is 0.223 e. The summed E-state index contributed by atoms with van der Waals surface area (Å²) in [5.74, 6) is 1.40. The average molecular weight is 399 g/mol. The van der Waals surface area contributed by atoms with Crippen molar-refractivity contribution < 1.29 is 14.3 Å². The van der Waals surface area contributed by atoms with Gasteiger partial charge in [-0.1, -0.05) is 19.8 Å². The molecule has 4 aliphatic carbocycles. The number of amides is 1. The summed E-state index contributed by atoms with van der Waals surface area (Å²) in [6.07, 6.45) is 9.32. The van der Waals surface area contributed by atoms with Crippen LogP contribution in [-0.4, -0.2) is 46.0 Å². The van der Waals surface area contributed by atoms with Gasteiger partial charge in [-0.2, -0.15) is 11.8 Å². The van der Waals surface area contributed by atoms with Crippen LogP contribution in [0.4, 0.5) is 4.39 Å². The molecule has 4 saturated carbocycles. The Kier molecular flexibility index (Phi) is 6.34. The number of nitrogens with one attached hydrogen (secondary N) is 2. The number of hydrogen-bond acceptors (Lipinski definition) is 4. The highest BCUT2D eigenvalue weighted by atomic mass is 32.2. The van der Waals surface area contributed by atoms with Crippen molar-refractivity contribution in [1.29, 1.82) is 0 Å². The highest BCUT2D eigenvalue weighted by Crippen LogP contribution is 2.43. The van der Waals surface area contributed by atoms with E-state index < -0.39 is 6.17 Å². The fraction of sp³-hybridized carbons (Fsp3) is 0.952. The maximum absolute atomic E-state index is 12.9. The van der Waals surface area contributed by atoms with Gasteiger partial charge < -0.3 is 10.4 Å². The molecule has 27 heavy (non-hydrogen) atoms. The van der Waals surface area contributed by atoms with Crippen molar-refractivity contribution in [1.82, 2.24) is 10.6 Å². The van der Waals surface area contributed by atoms with Crippen molar-refractivity contribution in [3.05, 3.63) is 0 Å². The molecule has 0 aromatic rings. The average Bonchev–Trinajstić information content (AvgIpc) is 3.56. The summed E-state index contributed by atoms with van der Waals surface area (Å²) in [6, 6.07) is 0.253. The first-order chi connectivity index (χ1) is 13.0. The van der Waals surface area contributed by atoms with Crippen LogP contribution in [-0.2, 0) is 4.79 Å². The van der Waals surface area contributed by atoms with Crippen LogP contribution in [0.1, 0.15) is 71.1 Å². The second-order valence-electron chi connectivity index (χ2n) is 9.49. The molecule has 154 valence electrons. The largest absolute Gasteiger partial charge is 0.378 e. The van der Waals surface area contributed by atoms with Gasteiger partial charge in [-0.25, -0.2) is 4.39 Å². The lowest BCUT2D eigenvalue weighted by Crippen LogP contribution is -2.40. The zero-order chi connectivity index (χ0) is 19.0. The lowest BCUT2D eigenvalue weighted by molar-refractivity contribution is -0.126. The molecular weight excluding hydrogens is 363 g/mol.